The number of ether oxygens (including phenoxy) is 2. The van der Waals surface area contributed by atoms with Crippen molar-refractivity contribution in [3.8, 4) is 5.75 Å². The van der Waals surface area contributed by atoms with E-state index in [0.717, 1.165) is 12.8 Å². The number of methoxy groups -OCH3 is 1. The van der Waals surface area contributed by atoms with Gasteiger partial charge in [0.05, 0.1) is 20.3 Å². The molecule has 1 aliphatic rings. The maximum absolute atomic E-state index is 12.9. The van der Waals surface area contributed by atoms with Crippen molar-refractivity contribution in [3.63, 3.8) is 0 Å². The van der Waals surface area contributed by atoms with Crippen molar-refractivity contribution in [2.75, 3.05) is 40.0 Å². The van der Waals surface area contributed by atoms with Crippen molar-refractivity contribution in [3.05, 3.63) is 29.8 Å². The molecule has 0 radical (unpaired) electrons. The van der Waals surface area contributed by atoms with Crippen LogP contribution in [0.25, 0.3) is 6.08 Å². The Morgan fingerprint density at radius 1 is 1.35 bits per heavy atom. The Kier molecular flexibility index (Phi) is 7.62. The van der Waals surface area contributed by atoms with Crippen LogP contribution in [0.15, 0.2) is 29.2 Å². The van der Waals surface area contributed by atoms with Gasteiger partial charge >= 0.3 is 0 Å². The molecule has 1 aromatic carbocycles. The zero-order valence-corrected chi connectivity index (χ0v) is 16.0. The number of rotatable bonds is 8. The smallest absolute Gasteiger partial charge is 0.246 e. The molecular formula is C18H26N2O5S. The lowest BCUT2D eigenvalue weighted by Gasteiger charge is -2.26. The molecule has 26 heavy (non-hydrogen) atoms. The number of hydrogen-bond donors (Lipinski definition) is 1. The van der Waals surface area contributed by atoms with E-state index in [1.807, 2.05) is 0 Å². The summed E-state index contributed by atoms with van der Waals surface area (Å²) in [5.74, 6) is 0.0768. The van der Waals surface area contributed by atoms with E-state index < -0.39 is 10.0 Å². The molecule has 1 heterocycles. The van der Waals surface area contributed by atoms with E-state index in [9.17, 15) is 13.2 Å². The molecule has 0 aromatic heterocycles. The standard InChI is InChI=1S/C18H26N2O5S/c1-3-4-9-19-18(21)8-6-15-5-7-16(24-2)17(14-15)26(22,23)20-10-12-25-13-11-20/h5-8,14H,3-4,9-13H2,1-2H3,(H,19,21)/b8-6+. The molecule has 0 aliphatic carbocycles. The molecule has 1 aromatic rings. The molecule has 1 saturated heterocycles. The van der Waals surface area contributed by atoms with Crippen LogP contribution in [-0.2, 0) is 19.6 Å². The Labute approximate surface area is 155 Å². The van der Waals surface area contributed by atoms with Crippen LogP contribution < -0.4 is 10.1 Å². The van der Waals surface area contributed by atoms with Gasteiger partial charge in [-0.2, -0.15) is 4.31 Å². The second kappa shape index (κ2) is 9.70. The van der Waals surface area contributed by atoms with Crippen LogP contribution in [0, 0.1) is 0 Å². The summed E-state index contributed by atoms with van der Waals surface area (Å²) in [5.41, 5.74) is 0.614. The van der Waals surface area contributed by atoms with Gasteiger partial charge in [-0.05, 0) is 30.2 Å². The van der Waals surface area contributed by atoms with Crippen LogP contribution in [0.3, 0.4) is 0 Å². The highest BCUT2D eigenvalue weighted by Gasteiger charge is 2.29. The molecule has 2 rings (SSSR count). The number of carbonyl (C=O) groups is 1. The number of benzene rings is 1. The topological polar surface area (TPSA) is 84.9 Å². The summed E-state index contributed by atoms with van der Waals surface area (Å²) in [6.07, 6.45) is 4.93. The van der Waals surface area contributed by atoms with Gasteiger partial charge in [0.2, 0.25) is 15.9 Å². The molecule has 1 fully saturated rings. The fraction of sp³-hybridized carbons (Fsp3) is 0.500. The van der Waals surface area contributed by atoms with Gasteiger partial charge in [0.1, 0.15) is 10.6 Å². The third-order valence-corrected chi connectivity index (χ3v) is 5.95. The van der Waals surface area contributed by atoms with E-state index in [4.69, 9.17) is 9.47 Å². The Hall–Kier alpha value is -1.90. The lowest BCUT2D eigenvalue weighted by molar-refractivity contribution is -0.116. The molecule has 8 heteroatoms. The minimum absolute atomic E-state index is 0.0930. The summed E-state index contributed by atoms with van der Waals surface area (Å²) >= 11 is 0. The predicted molar refractivity (Wildman–Crippen MR) is 99.5 cm³/mol. The van der Waals surface area contributed by atoms with Gasteiger partial charge in [-0.15, -0.1) is 0 Å². The first kappa shape index (κ1) is 20.4. The molecular weight excluding hydrogens is 356 g/mol. The van der Waals surface area contributed by atoms with Crippen LogP contribution in [0.1, 0.15) is 25.3 Å². The summed E-state index contributed by atoms with van der Waals surface area (Å²) in [5, 5.41) is 2.78. The average Bonchev–Trinajstić information content (AvgIpc) is 2.67. The molecule has 0 bridgehead atoms. The summed E-state index contributed by atoms with van der Waals surface area (Å²) in [4.78, 5) is 11.9. The van der Waals surface area contributed by atoms with Crippen molar-refractivity contribution >= 4 is 22.0 Å². The Morgan fingerprint density at radius 2 is 2.08 bits per heavy atom. The summed E-state index contributed by atoms with van der Waals surface area (Å²) in [6.45, 7) is 4.05. The number of nitrogens with zero attached hydrogens (tertiary/aromatic N) is 1. The molecule has 0 atom stereocenters. The van der Waals surface area contributed by atoms with E-state index in [-0.39, 0.29) is 16.6 Å². The van der Waals surface area contributed by atoms with Crippen LogP contribution >= 0.6 is 0 Å². The highest BCUT2D eigenvalue weighted by atomic mass is 32.2. The van der Waals surface area contributed by atoms with Crippen molar-refractivity contribution in [1.82, 2.24) is 9.62 Å². The monoisotopic (exact) mass is 382 g/mol. The second-order valence-corrected chi connectivity index (χ2v) is 7.81. The van der Waals surface area contributed by atoms with Gasteiger partial charge in [0.25, 0.3) is 0 Å². The molecule has 1 N–H and O–H groups in total. The molecule has 0 spiro atoms. The molecule has 0 unspecified atom stereocenters. The quantitative estimate of drug-likeness (QED) is 0.546. The zero-order chi connectivity index (χ0) is 19.0. The third-order valence-electron chi connectivity index (χ3n) is 4.03. The van der Waals surface area contributed by atoms with Gasteiger partial charge in [0, 0.05) is 25.7 Å². The van der Waals surface area contributed by atoms with Gasteiger partial charge in [0.15, 0.2) is 0 Å². The molecule has 1 aliphatic heterocycles. The summed E-state index contributed by atoms with van der Waals surface area (Å²) in [7, 11) is -2.25. The van der Waals surface area contributed by atoms with Crippen molar-refractivity contribution in [1.29, 1.82) is 0 Å². The summed E-state index contributed by atoms with van der Waals surface area (Å²) in [6, 6.07) is 4.84. The number of unbranched alkanes of at least 4 members (excludes halogenated alkanes) is 1. The molecule has 144 valence electrons. The first-order chi connectivity index (χ1) is 12.5. The Bertz CT molecular complexity index is 740. The van der Waals surface area contributed by atoms with E-state index >= 15 is 0 Å². The molecule has 0 saturated carbocycles. The minimum Gasteiger partial charge on any atom is -0.495 e. The summed E-state index contributed by atoms with van der Waals surface area (Å²) < 4.78 is 37.7. The minimum atomic E-state index is -3.69. The Morgan fingerprint density at radius 3 is 2.73 bits per heavy atom. The second-order valence-electron chi connectivity index (χ2n) is 5.90. The van der Waals surface area contributed by atoms with Crippen LogP contribution in [-0.4, -0.2) is 58.6 Å². The van der Waals surface area contributed by atoms with E-state index in [2.05, 4.69) is 12.2 Å². The Balaban J connectivity index is 2.21. The highest BCUT2D eigenvalue weighted by Crippen LogP contribution is 2.28. The lowest BCUT2D eigenvalue weighted by Crippen LogP contribution is -2.40. The lowest BCUT2D eigenvalue weighted by atomic mass is 10.2. The average molecular weight is 382 g/mol. The maximum Gasteiger partial charge on any atom is 0.246 e. The number of nitrogens with one attached hydrogen (secondary N) is 1. The van der Waals surface area contributed by atoms with E-state index in [0.29, 0.717) is 38.4 Å². The SMILES string of the molecule is CCCCNC(=O)/C=C/c1ccc(OC)c(S(=O)(=O)N2CCOCC2)c1. The van der Waals surface area contributed by atoms with Gasteiger partial charge in [-0.1, -0.05) is 19.4 Å². The normalized spacial score (nSPS) is 15.9. The first-order valence-electron chi connectivity index (χ1n) is 8.71. The van der Waals surface area contributed by atoms with E-state index in [1.165, 1.54) is 23.6 Å². The van der Waals surface area contributed by atoms with Crippen molar-refractivity contribution < 1.29 is 22.7 Å². The number of hydrogen-bond acceptors (Lipinski definition) is 5. The van der Waals surface area contributed by atoms with Crippen molar-refractivity contribution in [2.24, 2.45) is 0 Å². The van der Waals surface area contributed by atoms with Crippen LogP contribution in [0.2, 0.25) is 0 Å². The number of sulfonamides is 1. The van der Waals surface area contributed by atoms with Crippen molar-refractivity contribution in [2.45, 2.75) is 24.7 Å². The zero-order valence-electron chi connectivity index (χ0n) is 15.2. The largest absolute Gasteiger partial charge is 0.495 e. The number of amides is 1. The number of carbonyl (C=O) groups excluding carboxylic acids is 1. The third kappa shape index (κ3) is 5.30. The maximum atomic E-state index is 12.9. The van der Waals surface area contributed by atoms with E-state index in [1.54, 1.807) is 18.2 Å². The predicted octanol–water partition coefficient (Wildman–Crippen LogP) is 1.65. The van der Waals surface area contributed by atoms with Crippen LogP contribution in [0.4, 0.5) is 0 Å². The molecule has 1 amide bonds. The first-order valence-corrected chi connectivity index (χ1v) is 10.1. The van der Waals surface area contributed by atoms with Gasteiger partial charge in [-0.3, -0.25) is 4.79 Å². The van der Waals surface area contributed by atoms with Gasteiger partial charge in [-0.25, -0.2) is 8.42 Å². The molecule has 7 nitrogen and oxygen atoms in total. The van der Waals surface area contributed by atoms with Gasteiger partial charge < -0.3 is 14.8 Å². The fourth-order valence-electron chi connectivity index (χ4n) is 2.54. The fourth-order valence-corrected chi connectivity index (χ4v) is 4.14. The number of morpholine rings is 1. The van der Waals surface area contributed by atoms with Crippen LogP contribution in [0.5, 0.6) is 5.75 Å². The highest BCUT2D eigenvalue weighted by molar-refractivity contribution is 7.89.